The Labute approximate surface area is 164 Å². The molecule has 26 heavy (non-hydrogen) atoms. The van der Waals surface area contributed by atoms with Crippen LogP contribution in [0.5, 0.6) is 0 Å². The number of fused-ring (bicyclic) bond motifs is 1. The molecule has 1 atom stereocenters. The number of likely N-dealkylation sites (N-methyl/N-ethyl adjacent to an activating group) is 1. The molecule has 1 aliphatic heterocycles. The molecule has 1 N–H and O–H groups in total. The molecule has 1 aliphatic rings. The zero-order valence-electron chi connectivity index (χ0n) is 15.6. The van der Waals surface area contributed by atoms with Crippen LogP contribution < -0.4 is 5.32 Å². The first-order chi connectivity index (χ1) is 12.4. The molecule has 0 bridgehead atoms. The Bertz CT molecular complexity index is 859. The van der Waals surface area contributed by atoms with Gasteiger partial charge in [0, 0.05) is 22.3 Å². The van der Waals surface area contributed by atoms with Gasteiger partial charge in [0.2, 0.25) is 0 Å². The zero-order valence-corrected chi connectivity index (χ0v) is 17.2. The van der Waals surface area contributed by atoms with Gasteiger partial charge in [0.15, 0.2) is 0 Å². The highest BCUT2D eigenvalue weighted by Gasteiger charge is 2.25. The third-order valence-electron chi connectivity index (χ3n) is 5.04. The summed E-state index contributed by atoms with van der Waals surface area (Å²) in [6.07, 6.45) is 1.96. The molecule has 0 saturated heterocycles. The molecule has 1 unspecified atom stereocenters. The van der Waals surface area contributed by atoms with Gasteiger partial charge in [-0.2, -0.15) is 0 Å². The highest BCUT2D eigenvalue weighted by Crippen LogP contribution is 2.35. The Hall–Kier alpha value is -1.91. The van der Waals surface area contributed by atoms with Crippen LogP contribution in [-0.4, -0.2) is 24.4 Å². The van der Waals surface area contributed by atoms with Crippen molar-refractivity contribution in [3.05, 3.63) is 75.3 Å². The second-order valence-corrected chi connectivity index (χ2v) is 7.86. The van der Waals surface area contributed by atoms with Gasteiger partial charge in [-0.15, -0.1) is 0 Å². The van der Waals surface area contributed by atoms with E-state index in [1.807, 2.05) is 24.3 Å². The molecule has 0 spiro atoms. The number of anilines is 1. The van der Waals surface area contributed by atoms with Gasteiger partial charge in [-0.3, -0.25) is 9.69 Å². The van der Waals surface area contributed by atoms with Gasteiger partial charge in [-0.1, -0.05) is 47.1 Å². The molecule has 0 radical (unpaired) electrons. The molecule has 1 heterocycles. The number of rotatable bonds is 4. The van der Waals surface area contributed by atoms with Crippen LogP contribution in [0, 0.1) is 0 Å². The van der Waals surface area contributed by atoms with E-state index in [1.54, 1.807) is 0 Å². The van der Waals surface area contributed by atoms with Crippen LogP contribution in [0.2, 0.25) is 0 Å². The van der Waals surface area contributed by atoms with Crippen molar-refractivity contribution in [2.24, 2.45) is 0 Å². The molecular formula is C22H25BrN2O. The summed E-state index contributed by atoms with van der Waals surface area (Å²) in [4.78, 5) is 15.0. The molecule has 2 aromatic rings. The number of nitrogens with one attached hydrogen (secondary N) is 1. The standard InChI is InChI=1S/C22H25BrN2O/c1-5-15-6-7-17(12-20(15)23)22(26)24-18-9-8-16-10-11-25(4)21(14(2)3)19(16)13-18/h6-9,12-13,21H,2,5,10-11H2,1,3-4H3,(H,24,26). The van der Waals surface area contributed by atoms with E-state index in [0.29, 0.717) is 5.56 Å². The van der Waals surface area contributed by atoms with Crippen molar-refractivity contribution in [1.82, 2.24) is 4.90 Å². The van der Waals surface area contributed by atoms with Gasteiger partial charge in [0.1, 0.15) is 0 Å². The van der Waals surface area contributed by atoms with E-state index in [2.05, 4.69) is 65.8 Å². The van der Waals surface area contributed by atoms with Gasteiger partial charge < -0.3 is 5.32 Å². The summed E-state index contributed by atoms with van der Waals surface area (Å²) in [6, 6.07) is 12.2. The number of hydrogen-bond acceptors (Lipinski definition) is 2. The maximum absolute atomic E-state index is 12.7. The quantitative estimate of drug-likeness (QED) is 0.684. The van der Waals surface area contributed by atoms with E-state index in [4.69, 9.17) is 0 Å². The predicted molar refractivity (Wildman–Crippen MR) is 112 cm³/mol. The molecule has 0 aliphatic carbocycles. The van der Waals surface area contributed by atoms with Crippen LogP contribution in [0.15, 0.2) is 53.0 Å². The van der Waals surface area contributed by atoms with E-state index in [0.717, 1.165) is 35.1 Å². The van der Waals surface area contributed by atoms with Gasteiger partial charge in [0.05, 0.1) is 6.04 Å². The number of hydrogen-bond donors (Lipinski definition) is 1. The predicted octanol–water partition coefficient (Wildman–Crippen LogP) is 5.37. The number of nitrogens with zero attached hydrogens (tertiary/aromatic N) is 1. The Morgan fingerprint density at radius 1 is 1.31 bits per heavy atom. The monoisotopic (exact) mass is 412 g/mol. The third kappa shape index (κ3) is 3.76. The van der Waals surface area contributed by atoms with Crippen molar-refractivity contribution in [3.63, 3.8) is 0 Å². The molecule has 0 fully saturated rings. The number of carbonyl (C=O) groups excluding carboxylic acids is 1. The summed E-state index contributed by atoms with van der Waals surface area (Å²) >= 11 is 3.55. The number of carbonyl (C=O) groups is 1. The Balaban J connectivity index is 1.86. The lowest BCUT2D eigenvalue weighted by atomic mass is 9.89. The minimum atomic E-state index is -0.0932. The molecule has 0 aromatic heterocycles. The van der Waals surface area contributed by atoms with Crippen LogP contribution in [0.3, 0.4) is 0 Å². The highest BCUT2D eigenvalue weighted by atomic mass is 79.9. The van der Waals surface area contributed by atoms with Crippen LogP contribution in [0.25, 0.3) is 0 Å². The van der Waals surface area contributed by atoms with Gasteiger partial charge in [0.25, 0.3) is 5.91 Å². The van der Waals surface area contributed by atoms with E-state index in [9.17, 15) is 4.79 Å². The van der Waals surface area contributed by atoms with Crippen LogP contribution >= 0.6 is 15.9 Å². The first kappa shape index (κ1) is 18.9. The average Bonchev–Trinajstić information content (AvgIpc) is 2.60. The van der Waals surface area contributed by atoms with Gasteiger partial charge in [-0.05, 0) is 67.8 Å². The van der Waals surface area contributed by atoms with Crippen molar-refractivity contribution in [2.75, 3.05) is 18.9 Å². The van der Waals surface area contributed by atoms with E-state index in [1.165, 1.54) is 16.7 Å². The second kappa shape index (κ2) is 7.77. The molecule has 2 aromatic carbocycles. The molecule has 4 heteroatoms. The van der Waals surface area contributed by atoms with Gasteiger partial charge >= 0.3 is 0 Å². The van der Waals surface area contributed by atoms with Crippen molar-refractivity contribution in [3.8, 4) is 0 Å². The number of aryl methyl sites for hydroxylation is 1. The smallest absolute Gasteiger partial charge is 0.255 e. The normalized spacial score (nSPS) is 16.8. The Kier molecular flexibility index (Phi) is 5.64. The van der Waals surface area contributed by atoms with Crippen molar-refractivity contribution < 1.29 is 4.79 Å². The minimum Gasteiger partial charge on any atom is -0.322 e. The summed E-state index contributed by atoms with van der Waals surface area (Å²) in [5.74, 6) is -0.0932. The fraction of sp³-hybridized carbons (Fsp3) is 0.318. The summed E-state index contributed by atoms with van der Waals surface area (Å²) in [5.41, 5.74) is 6.38. The summed E-state index contributed by atoms with van der Waals surface area (Å²) in [7, 11) is 2.13. The maximum Gasteiger partial charge on any atom is 0.255 e. The lowest BCUT2D eigenvalue weighted by Crippen LogP contribution is -2.32. The lowest BCUT2D eigenvalue weighted by Gasteiger charge is -2.35. The number of benzene rings is 2. The molecule has 0 saturated carbocycles. The number of amides is 1. The van der Waals surface area contributed by atoms with Crippen molar-refractivity contribution in [1.29, 1.82) is 0 Å². The average molecular weight is 413 g/mol. The summed E-state index contributed by atoms with van der Waals surface area (Å²) in [5, 5.41) is 3.04. The molecular weight excluding hydrogens is 388 g/mol. The summed E-state index contributed by atoms with van der Waals surface area (Å²) < 4.78 is 0.974. The highest BCUT2D eigenvalue weighted by molar-refractivity contribution is 9.10. The number of halogens is 1. The van der Waals surface area contributed by atoms with Crippen molar-refractivity contribution in [2.45, 2.75) is 32.7 Å². The van der Waals surface area contributed by atoms with E-state index < -0.39 is 0 Å². The molecule has 3 rings (SSSR count). The largest absolute Gasteiger partial charge is 0.322 e. The fourth-order valence-electron chi connectivity index (χ4n) is 3.64. The van der Waals surface area contributed by atoms with Crippen molar-refractivity contribution >= 4 is 27.5 Å². The second-order valence-electron chi connectivity index (χ2n) is 7.01. The topological polar surface area (TPSA) is 32.3 Å². The molecule has 136 valence electrons. The minimum absolute atomic E-state index is 0.0932. The maximum atomic E-state index is 12.7. The Morgan fingerprint density at radius 2 is 2.08 bits per heavy atom. The van der Waals surface area contributed by atoms with Crippen LogP contribution in [0.1, 0.15) is 46.9 Å². The van der Waals surface area contributed by atoms with E-state index in [-0.39, 0.29) is 11.9 Å². The SMILES string of the molecule is C=C(C)C1c2cc(NC(=O)c3ccc(CC)c(Br)c3)ccc2CCN1C. The first-order valence-electron chi connectivity index (χ1n) is 8.99. The van der Waals surface area contributed by atoms with E-state index >= 15 is 0 Å². The Morgan fingerprint density at radius 3 is 2.73 bits per heavy atom. The van der Waals surface area contributed by atoms with Gasteiger partial charge in [-0.25, -0.2) is 0 Å². The molecule has 3 nitrogen and oxygen atoms in total. The zero-order chi connectivity index (χ0) is 18.8. The van der Waals surface area contributed by atoms with Crippen LogP contribution in [0.4, 0.5) is 5.69 Å². The van der Waals surface area contributed by atoms with Crippen LogP contribution in [-0.2, 0) is 12.8 Å². The molecule has 1 amide bonds. The summed E-state index contributed by atoms with van der Waals surface area (Å²) in [6.45, 7) is 9.34. The lowest BCUT2D eigenvalue weighted by molar-refractivity contribution is 0.102. The first-order valence-corrected chi connectivity index (χ1v) is 9.78. The fourth-order valence-corrected chi connectivity index (χ4v) is 4.30. The third-order valence-corrected chi connectivity index (χ3v) is 5.77.